The van der Waals surface area contributed by atoms with Gasteiger partial charge in [-0.25, -0.2) is 4.98 Å². The number of aromatic nitrogens is 7. The first-order valence-corrected chi connectivity index (χ1v) is 7.43. The van der Waals surface area contributed by atoms with Crippen molar-refractivity contribution >= 4 is 11.5 Å². The number of fused-ring (bicyclic) bond motifs is 1. The Morgan fingerprint density at radius 1 is 1.17 bits per heavy atom. The summed E-state index contributed by atoms with van der Waals surface area (Å²) in [5.41, 5.74) is -0.241. The Balaban J connectivity index is 1.45. The second kappa shape index (κ2) is 5.42. The van der Waals surface area contributed by atoms with Gasteiger partial charge >= 0.3 is 6.18 Å². The van der Waals surface area contributed by atoms with E-state index in [9.17, 15) is 13.2 Å². The molecule has 8 nitrogen and oxygen atoms in total. The van der Waals surface area contributed by atoms with Gasteiger partial charge in [0.15, 0.2) is 11.5 Å². The number of hydrogen-bond acceptors (Lipinski definition) is 6. The molecule has 0 aliphatic carbocycles. The molecule has 3 aromatic heterocycles. The van der Waals surface area contributed by atoms with Crippen LogP contribution in [0, 0.1) is 0 Å². The van der Waals surface area contributed by atoms with E-state index in [-0.39, 0.29) is 5.92 Å². The molecule has 1 fully saturated rings. The number of H-pyrrole nitrogens is 1. The summed E-state index contributed by atoms with van der Waals surface area (Å²) < 4.78 is 39.3. The molecule has 4 heterocycles. The van der Waals surface area contributed by atoms with Gasteiger partial charge in [-0.1, -0.05) is 0 Å². The molecule has 3 aromatic rings. The lowest BCUT2D eigenvalue weighted by Gasteiger charge is -2.31. The molecular formula is C13H13F3N8. The second-order valence-corrected chi connectivity index (χ2v) is 5.66. The Morgan fingerprint density at radius 2 is 1.96 bits per heavy atom. The highest BCUT2D eigenvalue weighted by atomic mass is 19.4. The van der Waals surface area contributed by atoms with Crippen molar-refractivity contribution in [2.24, 2.45) is 0 Å². The fourth-order valence-corrected chi connectivity index (χ4v) is 2.88. The summed E-state index contributed by atoms with van der Waals surface area (Å²) in [5, 5.41) is 15.4. The van der Waals surface area contributed by atoms with Crippen LogP contribution in [0.5, 0.6) is 0 Å². The molecule has 0 saturated carbocycles. The highest BCUT2D eigenvalue weighted by molar-refractivity contribution is 5.44. The monoisotopic (exact) mass is 338 g/mol. The number of imidazole rings is 1. The molecule has 0 spiro atoms. The van der Waals surface area contributed by atoms with Crippen LogP contribution < -0.4 is 4.90 Å². The summed E-state index contributed by atoms with van der Waals surface area (Å²) in [4.78, 5) is 8.36. The van der Waals surface area contributed by atoms with Crippen LogP contribution in [-0.4, -0.2) is 48.3 Å². The average molecular weight is 338 g/mol. The van der Waals surface area contributed by atoms with E-state index >= 15 is 0 Å². The fraction of sp³-hybridized carbons (Fsp3) is 0.462. The van der Waals surface area contributed by atoms with Crippen molar-refractivity contribution in [1.82, 2.24) is 35.2 Å². The molecule has 126 valence electrons. The van der Waals surface area contributed by atoms with Gasteiger partial charge in [0, 0.05) is 19.0 Å². The summed E-state index contributed by atoms with van der Waals surface area (Å²) in [5.74, 6) is 1.11. The normalized spacial score (nSPS) is 16.9. The van der Waals surface area contributed by atoms with Crippen molar-refractivity contribution in [1.29, 1.82) is 0 Å². The molecule has 0 amide bonds. The second-order valence-electron chi connectivity index (χ2n) is 5.66. The molecule has 11 heteroatoms. The fourth-order valence-electron chi connectivity index (χ4n) is 2.88. The van der Waals surface area contributed by atoms with Crippen LogP contribution in [0.4, 0.5) is 19.0 Å². The lowest BCUT2D eigenvalue weighted by atomic mass is 9.96. The highest BCUT2D eigenvalue weighted by Gasteiger charge is 2.34. The number of halogens is 3. The van der Waals surface area contributed by atoms with Crippen LogP contribution in [0.25, 0.3) is 5.65 Å². The zero-order chi connectivity index (χ0) is 16.7. The number of alkyl halides is 3. The van der Waals surface area contributed by atoms with Gasteiger partial charge in [0.05, 0.1) is 6.20 Å². The van der Waals surface area contributed by atoms with Gasteiger partial charge in [0.1, 0.15) is 11.5 Å². The van der Waals surface area contributed by atoms with E-state index in [0.717, 1.165) is 12.0 Å². The lowest BCUT2D eigenvalue weighted by molar-refractivity contribution is -0.141. The van der Waals surface area contributed by atoms with Crippen molar-refractivity contribution in [3.63, 3.8) is 0 Å². The molecule has 0 aromatic carbocycles. The number of piperidine rings is 1. The molecule has 0 radical (unpaired) electrons. The van der Waals surface area contributed by atoms with Gasteiger partial charge in [-0.2, -0.15) is 13.2 Å². The van der Waals surface area contributed by atoms with Crippen LogP contribution in [0.3, 0.4) is 0 Å². The molecule has 0 bridgehead atoms. The Morgan fingerprint density at radius 3 is 2.67 bits per heavy atom. The molecule has 1 aliphatic rings. The zero-order valence-corrected chi connectivity index (χ0v) is 12.4. The molecule has 1 N–H and O–H groups in total. The van der Waals surface area contributed by atoms with E-state index in [1.54, 1.807) is 6.07 Å². The predicted octanol–water partition coefficient (Wildman–Crippen LogP) is 1.65. The first-order chi connectivity index (χ1) is 11.5. The van der Waals surface area contributed by atoms with Crippen LogP contribution >= 0.6 is 0 Å². The topological polar surface area (TPSA) is 87.9 Å². The van der Waals surface area contributed by atoms with Gasteiger partial charge in [-0.05, 0) is 35.4 Å². The first kappa shape index (κ1) is 14.8. The van der Waals surface area contributed by atoms with Crippen molar-refractivity contribution < 1.29 is 13.2 Å². The molecule has 4 rings (SSSR count). The number of tetrazole rings is 1. The minimum atomic E-state index is -4.39. The van der Waals surface area contributed by atoms with Crippen molar-refractivity contribution in [3.8, 4) is 0 Å². The number of rotatable bonds is 2. The standard InChI is InChI=1S/C13H13F3N8/c14-13(15,16)9-7-17-12(18-9)8-3-5-23(6-4-8)11-2-1-10-19-21-22-24(10)20-11/h1-2,7-8H,3-6H2,(H,17,18). The summed E-state index contributed by atoms with van der Waals surface area (Å²) in [7, 11) is 0. The molecule has 1 saturated heterocycles. The summed E-state index contributed by atoms with van der Waals surface area (Å²) >= 11 is 0. The summed E-state index contributed by atoms with van der Waals surface area (Å²) in [6, 6.07) is 3.61. The molecule has 1 aliphatic heterocycles. The van der Waals surface area contributed by atoms with Crippen molar-refractivity contribution in [2.75, 3.05) is 18.0 Å². The van der Waals surface area contributed by atoms with Crippen LogP contribution in [0.15, 0.2) is 18.3 Å². The Labute approximate surface area is 133 Å². The quantitative estimate of drug-likeness (QED) is 0.764. The third kappa shape index (κ3) is 2.65. The van der Waals surface area contributed by atoms with Crippen molar-refractivity contribution in [3.05, 3.63) is 29.8 Å². The number of aromatic amines is 1. The summed E-state index contributed by atoms with van der Waals surface area (Å²) in [6.45, 7) is 1.35. The molecular weight excluding hydrogens is 325 g/mol. The third-order valence-electron chi connectivity index (χ3n) is 4.16. The van der Waals surface area contributed by atoms with E-state index < -0.39 is 11.9 Å². The third-order valence-corrected chi connectivity index (χ3v) is 4.16. The largest absolute Gasteiger partial charge is 0.432 e. The predicted molar refractivity (Wildman–Crippen MR) is 76.4 cm³/mol. The van der Waals surface area contributed by atoms with E-state index in [4.69, 9.17) is 0 Å². The minimum absolute atomic E-state index is 0.0193. The first-order valence-electron chi connectivity index (χ1n) is 7.43. The number of nitrogens with one attached hydrogen (secondary N) is 1. The minimum Gasteiger partial charge on any atom is -0.355 e. The van der Waals surface area contributed by atoms with Crippen LogP contribution in [0.1, 0.15) is 30.3 Å². The van der Waals surface area contributed by atoms with Crippen LogP contribution in [-0.2, 0) is 6.18 Å². The molecule has 0 atom stereocenters. The van der Waals surface area contributed by atoms with Gasteiger partial charge in [-0.15, -0.1) is 14.8 Å². The maximum Gasteiger partial charge on any atom is 0.432 e. The van der Waals surface area contributed by atoms with Crippen molar-refractivity contribution in [2.45, 2.75) is 24.9 Å². The maximum absolute atomic E-state index is 12.6. The van der Waals surface area contributed by atoms with Gasteiger partial charge in [0.25, 0.3) is 0 Å². The number of hydrogen-bond donors (Lipinski definition) is 1. The average Bonchev–Trinajstić information content (AvgIpc) is 3.23. The van der Waals surface area contributed by atoms with Gasteiger partial charge in [-0.3, -0.25) is 0 Å². The Bertz CT molecular complexity index is 846. The maximum atomic E-state index is 12.6. The molecule has 24 heavy (non-hydrogen) atoms. The highest BCUT2D eigenvalue weighted by Crippen LogP contribution is 2.32. The number of nitrogens with zero attached hydrogens (tertiary/aromatic N) is 7. The van der Waals surface area contributed by atoms with E-state index in [1.165, 1.54) is 4.63 Å². The SMILES string of the molecule is FC(F)(F)c1cnc(C2CCN(c3ccc4nnnn4n3)CC2)[nH]1. The lowest BCUT2D eigenvalue weighted by Crippen LogP contribution is -2.34. The number of anilines is 1. The van der Waals surface area contributed by atoms with E-state index in [1.807, 2.05) is 6.07 Å². The zero-order valence-electron chi connectivity index (χ0n) is 12.4. The van der Waals surface area contributed by atoms with Gasteiger partial charge < -0.3 is 9.88 Å². The smallest absolute Gasteiger partial charge is 0.355 e. The Kier molecular flexibility index (Phi) is 3.36. The van der Waals surface area contributed by atoms with E-state index in [0.29, 0.717) is 37.4 Å². The van der Waals surface area contributed by atoms with Crippen LogP contribution in [0.2, 0.25) is 0 Å². The summed E-state index contributed by atoms with van der Waals surface area (Å²) in [6.07, 6.45) is -2.15. The Hall–Kier alpha value is -2.72. The molecule has 0 unspecified atom stereocenters. The van der Waals surface area contributed by atoms with Gasteiger partial charge in [0.2, 0.25) is 0 Å². The van der Waals surface area contributed by atoms with E-state index in [2.05, 4.69) is 35.5 Å².